The zero-order valence-electron chi connectivity index (χ0n) is 20.7. The third kappa shape index (κ3) is 4.41. The Labute approximate surface area is 216 Å². The van der Waals surface area contributed by atoms with Crippen molar-refractivity contribution in [1.82, 2.24) is 29.8 Å². The summed E-state index contributed by atoms with van der Waals surface area (Å²) in [7, 11) is -3.48. The van der Waals surface area contributed by atoms with E-state index in [1.54, 1.807) is 0 Å². The lowest BCUT2D eigenvalue weighted by Gasteiger charge is -2.52. The van der Waals surface area contributed by atoms with Crippen LogP contribution in [0, 0.1) is 24.2 Å². The van der Waals surface area contributed by atoms with Crippen molar-refractivity contribution < 1.29 is 8.42 Å². The molecular weight excluding hydrogens is 490 g/mol. The second-order valence-corrected chi connectivity index (χ2v) is 12.7. The average Bonchev–Trinajstić information content (AvgIpc) is 3.28. The van der Waals surface area contributed by atoms with E-state index in [-0.39, 0.29) is 18.0 Å². The molecule has 4 N–H and O–H groups in total. The first-order valence-corrected chi connectivity index (χ1v) is 14.3. The molecule has 3 aromatic rings. The van der Waals surface area contributed by atoms with Crippen molar-refractivity contribution in [3.8, 4) is 6.07 Å². The lowest BCUT2D eigenvalue weighted by Crippen LogP contribution is -2.72. The highest BCUT2D eigenvalue weighted by Gasteiger charge is 2.57. The van der Waals surface area contributed by atoms with Gasteiger partial charge in [-0.3, -0.25) is 10.4 Å². The smallest absolute Gasteiger partial charge is 0.233 e. The molecule has 1 unspecified atom stereocenters. The van der Waals surface area contributed by atoms with E-state index in [0.29, 0.717) is 43.5 Å². The summed E-state index contributed by atoms with van der Waals surface area (Å²) in [5.41, 5.74) is 1.78. The van der Waals surface area contributed by atoms with E-state index in [9.17, 15) is 8.42 Å². The highest BCUT2D eigenvalue weighted by atomic mass is 32.2. The first kappa shape index (κ1) is 24.1. The summed E-state index contributed by atoms with van der Waals surface area (Å²) in [4.78, 5) is 8.65. The Hall–Kier alpha value is -3.27. The van der Waals surface area contributed by atoms with Gasteiger partial charge in [0.2, 0.25) is 16.0 Å². The molecule has 3 atom stereocenters. The first-order chi connectivity index (χ1) is 17.8. The van der Waals surface area contributed by atoms with Gasteiger partial charge in [0.05, 0.1) is 17.5 Å². The van der Waals surface area contributed by atoms with Gasteiger partial charge in [-0.15, -0.1) is 0 Å². The Kier molecular flexibility index (Phi) is 6.01. The van der Waals surface area contributed by atoms with E-state index in [0.717, 1.165) is 42.3 Å². The Morgan fingerprint density at radius 2 is 2.03 bits per heavy atom. The maximum Gasteiger partial charge on any atom is 0.233 e. The van der Waals surface area contributed by atoms with Crippen LogP contribution in [0.25, 0.3) is 10.9 Å². The molecule has 4 aliphatic rings. The Bertz CT molecular complexity index is 1450. The molecule has 0 radical (unpaired) electrons. The fourth-order valence-electron chi connectivity index (χ4n) is 5.75. The molecule has 1 aliphatic carbocycles. The molecule has 3 aliphatic heterocycles. The van der Waals surface area contributed by atoms with Gasteiger partial charge in [-0.25, -0.2) is 13.4 Å². The fraction of sp³-hybridized carbons (Fsp3) is 0.520. The van der Waals surface area contributed by atoms with Gasteiger partial charge in [-0.05, 0) is 44.7 Å². The molecule has 1 aromatic carbocycles. The van der Waals surface area contributed by atoms with Crippen molar-refractivity contribution in [2.75, 3.05) is 23.7 Å². The topological polar surface area (TPSA) is 152 Å². The van der Waals surface area contributed by atoms with Crippen molar-refractivity contribution in [3.05, 3.63) is 36.0 Å². The van der Waals surface area contributed by atoms with Gasteiger partial charge in [0.1, 0.15) is 10.7 Å². The minimum atomic E-state index is -3.48. The second kappa shape index (κ2) is 9.24. The summed E-state index contributed by atoms with van der Waals surface area (Å²) >= 11 is 0. The summed E-state index contributed by atoms with van der Waals surface area (Å²) in [5, 5.41) is 27.5. The third-order valence-corrected chi connectivity index (χ3v) is 10.2. The molecule has 0 spiro atoms. The number of hydrogen-bond acceptors (Lipinski definition) is 9. The monoisotopic (exact) mass is 521 g/mol. The van der Waals surface area contributed by atoms with Crippen LogP contribution in [0.5, 0.6) is 0 Å². The van der Waals surface area contributed by atoms with Crippen molar-refractivity contribution in [2.24, 2.45) is 5.92 Å². The Morgan fingerprint density at radius 1 is 1.22 bits per heavy atom. The molecule has 194 valence electrons. The van der Waals surface area contributed by atoms with Crippen LogP contribution in [0.2, 0.25) is 0 Å². The molecule has 2 aromatic heterocycles. The van der Waals surface area contributed by atoms with Crippen LogP contribution in [0.15, 0.2) is 30.3 Å². The number of sulfonamides is 1. The van der Waals surface area contributed by atoms with Crippen molar-refractivity contribution in [2.45, 2.75) is 62.4 Å². The minimum Gasteiger partial charge on any atom is -0.351 e. The van der Waals surface area contributed by atoms with Gasteiger partial charge >= 0.3 is 0 Å². The predicted molar refractivity (Wildman–Crippen MR) is 141 cm³/mol. The molecule has 2 bridgehead atoms. The molecule has 5 heterocycles. The normalized spacial score (nSPS) is 26.7. The van der Waals surface area contributed by atoms with Crippen LogP contribution in [0.4, 0.5) is 17.6 Å². The number of H-pyrrole nitrogens is 1. The lowest BCUT2D eigenvalue weighted by atomic mass is 9.89. The fourth-order valence-corrected chi connectivity index (χ4v) is 8.13. The SMILES string of the molecule is Cc1cc(Nc2nc(N[C@H]3CCCCC4(S(=O)(=O)N5CC(C#N)C5)C[C@H](C3)N4)nc3ccccc23)n[nH]1. The molecular formula is C25H31N9O2S. The summed E-state index contributed by atoms with van der Waals surface area (Å²) in [6, 6.07) is 12.2. The number of fused-ring (bicyclic) bond motifs is 6. The van der Waals surface area contributed by atoms with E-state index in [4.69, 9.17) is 15.2 Å². The summed E-state index contributed by atoms with van der Waals surface area (Å²) in [5.74, 6) is 1.72. The van der Waals surface area contributed by atoms with Crippen LogP contribution in [-0.4, -0.2) is 62.9 Å². The molecule has 1 saturated carbocycles. The third-order valence-electron chi connectivity index (χ3n) is 7.75. The van der Waals surface area contributed by atoms with E-state index in [1.165, 1.54) is 4.31 Å². The molecule has 37 heavy (non-hydrogen) atoms. The highest BCUT2D eigenvalue weighted by molar-refractivity contribution is 7.90. The number of nitrogens with zero attached hydrogens (tertiary/aromatic N) is 5. The number of hydrogen-bond donors (Lipinski definition) is 4. The number of aromatic amines is 1. The molecule has 11 nitrogen and oxygen atoms in total. The van der Waals surface area contributed by atoms with Gasteiger partial charge in [-0.2, -0.15) is 19.6 Å². The van der Waals surface area contributed by atoms with Crippen LogP contribution in [-0.2, 0) is 10.0 Å². The van der Waals surface area contributed by atoms with Crippen LogP contribution < -0.4 is 16.0 Å². The molecule has 3 saturated heterocycles. The summed E-state index contributed by atoms with van der Waals surface area (Å²) in [6.07, 6.45) is 4.61. The zero-order valence-corrected chi connectivity index (χ0v) is 21.6. The number of anilines is 3. The highest BCUT2D eigenvalue weighted by Crippen LogP contribution is 2.42. The summed E-state index contributed by atoms with van der Waals surface area (Å²) < 4.78 is 28.2. The van der Waals surface area contributed by atoms with E-state index < -0.39 is 14.9 Å². The number of aryl methyl sites for hydroxylation is 1. The van der Waals surface area contributed by atoms with Crippen LogP contribution in [0.3, 0.4) is 0 Å². The van der Waals surface area contributed by atoms with E-state index in [2.05, 4.69) is 32.2 Å². The van der Waals surface area contributed by atoms with E-state index >= 15 is 0 Å². The number of rotatable bonds is 6. The number of nitrogens with one attached hydrogen (secondary N) is 4. The maximum atomic E-state index is 13.4. The molecule has 4 fully saturated rings. The quantitative estimate of drug-likeness (QED) is 0.383. The van der Waals surface area contributed by atoms with E-state index in [1.807, 2.05) is 37.3 Å². The minimum absolute atomic E-state index is 0.100. The van der Waals surface area contributed by atoms with Crippen molar-refractivity contribution >= 4 is 38.5 Å². The number of nitriles is 1. The van der Waals surface area contributed by atoms with Gasteiger partial charge in [0, 0.05) is 42.3 Å². The van der Waals surface area contributed by atoms with Gasteiger partial charge in [-0.1, -0.05) is 25.0 Å². The maximum absolute atomic E-state index is 13.4. The lowest BCUT2D eigenvalue weighted by molar-refractivity contribution is 0.164. The van der Waals surface area contributed by atoms with Crippen LogP contribution in [0.1, 0.15) is 44.2 Å². The second-order valence-electron chi connectivity index (χ2n) is 10.5. The molecule has 0 amide bonds. The van der Waals surface area contributed by atoms with Crippen LogP contribution >= 0.6 is 0 Å². The average molecular weight is 522 g/mol. The summed E-state index contributed by atoms with van der Waals surface area (Å²) in [6.45, 7) is 2.57. The van der Waals surface area contributed by atoms with Gasteiger partial charge in [0.15, 0.2) is 5.82 Å². The van der Waals surface area contributed by atoms with Crippen molar-refractivity contribution in [3.63, 3.8) is 0 Å². The van der Waals surface area contributed by atoms with Gasteiger partial charge < -0.3 is 10.6 Å². The number of benzene rings is 1. The molecule has 12 heteroatoms. The molecule has 7 rings (SSSR count). The number of para-hydroxylation sites is 1. The first-order valence-electron chi connectivity index (χ1n) is 12.8. The zero-order chi connectivity index (χ0) is 25.6. The van der Waals surface area contributed by atoms with Gasteiger partial charge in [0.25, 0.3) is 0 Å². The Balaban J connectivity index is 1.18. The van der Waals surface area contributed by atoms with Crippen molar-refractivity contribution in [1.29, 1.82) is 5.26 Å². The predicted octanol–water partition coefficient (Wildman–Crippen LogP) is 2.99. The Morgan fingerprint density at radius 3 is 2.78 bits per heavy atom. The number of aromatic nitrogens is 4. The largest absolute Gasteiger partial charge is 0.351 e. The standard InChI is InChI=1S/C25H31N9O2S/c1-16-10-22(33-32-16)29-23-20-7-2-3-8-21(20)28-24(30-23)27-18-6-4-5-9-25(12-19(11-18)31-25)37(35,36)34-14-17(13-26)15-34/h2-3,7-8,10,17-19,31H,4-6,9,11-12,14-15H2,1H3,(H3,27,28,29,30,32,33)/t18-,19-,25?/m0/s1.